The van der Waals surface area contributed by atoms with Crippen LogP contribution in [-0.4, -0.2) is 11.0 Å². The van der Waals surface area contributed by atoms with E-state index in [0.29, 0.717) is 11.3 Å². The van der Waals surface area contributed by atoms with Crippen molar-refractivity contribution in [3.63, 3.8) is 0 Å². The summed E-state index contributed by atoms with van der Waals surface area (Å²) in [6, 6.07) is 26.5. The molecule has 1 aliphatic heterocycles. The lowest BCUT2D eigenvalue weighted by atomic mass is 10.0. The molecule has 0 aliphatic carbocycles. The van der Waals surface area contributed by atoms with Crippen molar-refractivity contribution in [2.45, 2.75) is 43.9 Å². The summed E-state index contributed by atoms with van der Waals surface area (Å²) in [5, 5.41) is 2.47. The SMILES string of the molecule is [CH2-][P+]1(N(CCCC)P(c2ccoc2)c2ccoc2)[C@@H](c2ccccc2)CC[C@@H]1c1ccccc1. The van der Waals surface area contributed by atoms with Gasteiger partial charge < -0.3 is 8.83 Å². The van der Waals surface area contributed by atoms with Gasteiger partial charge >= 0.3 is 0 Å². The predicted molar refractivity (Wildman–Crippen MR) is 145 cm³/mol. The van der Waals surface area contributed by atoms with Crippen molar-refractivity contribution in [1.29, 1.82) is 0 Å². The lowest BCUT2D eigenvalue weighted by Gasteiger charge is -2.48. The Hall–Kier alpha value is -2.18. The van der Waals surface area contributed by atoms with Crippen LogP contribution in [0.3, 0.4) is 0 Å². The zero-order valence-electron chi connectivity index (χ0n) is 19.8. The highest BCUT2D eigenvalue weighted by Crippen LogP contribution is 2.88. The van der Waals surface area contributed by atoms with Gasteiger partial charge in [-0.15, -0.1) is 0 Å². The second kappa shape index (κ2) is 10.6. The topological polar surface area (TPSA) is 29.5 Å². The summed E-state index contributed by atoms with van der Waals surface area (Å²) >= 11 is 0. The molecular weight excluding hydrogens is 456 g/mol. The van der Waals surface area contributed by atoms with E-state index in [-0.39, 0.29) is 0 Å². The summed E-state index contributed by atoms with van der Waals surface area (Å²) in [4.78, 5) is 0. The van der Waals surface area contributed by atoms with Gasteiger partial charge in [-0.3, -0.25) is 0 Å². The maximum atomic E-state index is 5.62. The molecule has 5 heteroatoms. The minimum absolute atomic E-state index is 0.444. The molecule has 34 heavy (non-hydrogen) atoms. The van der Waals surface area contributed by atoms with Gasteiger partial charge in [0.2, 0.25) is 0 Å². The first-order valence-corrected chi connectivity index (χ1v) is 15.5. The molecule has 0 bridgehead atoms. The molecule has 0 radical (unpaired) electrons. The highest BCUT2D eigenvalue weighted by Gasteiger charge is 2.55. The minimum atomic E-state index is -1.93. The van der Waals surface area contributed by atoms with E-state index in [2.05, 4.69) is 84.2 Å². The van der Waals surface area contributed by atoms with E-state index in [9.17, 15) is 0 Å². The van der Waals surface area contributed by atoms with Crippen LogP contribution in [0.1, 0.15) is 55.1 Å². The maximum Gasteiger partial charge on any atom is 0.0996 e. The first-order chi connectivity index (χ1) is 16.7. The van der Waals surface area contributed by atoms with Gasteiger partial charge in [-0.2, -0.15) is 11.1 Å². The fourth-order valence-electron chi connectivity index (χ4n) is 5.43. The van der Waals surface area contributed by atoms with Crippen molar-refractivity contribution >= 4 is 26.1 Å². The third-order valence-electron chi connectivity index (χ3n) is 7.04. The fourth-order valence-corrected chi connectivity index (χ4v) is 14.2. The Kier molecular flexibility index (Phi) is 7.35. The van der Waals surface area contributed by atoms with E-state index in [1.165, 1.54) is 34.6 Å². The van der Waals surface area contributed by atoms with Crippen LogP contribution in [-0.2, 0) is 0 Å². The van der Waals surface area contributed by atoms with Crippen molar-refractivity contribution in [3.8, 4) is 0 Å². The Labute approximate surface area is 205 Å². The molecule has 0 amide bonds. The summed E-state index contributed by atoms with van der Waals surface area (Å²) in [5.74, 6) is 0. The summed E-state index contributed by atoms with van der Waals surface area (Å²) in [6.45, 7) is 8.58. The first kappa shape index (κ1) is 23.6. The number of nitrogens with zero attached hydrogens (tertiary/aromatic N) is 1. The fraction of sp³-hybridized carbons (Fsp3) is 0.276. The Bertz CT molecular complexity index is 1050. The number of hydrogen-bond acceptors (Lipinski definition) is 3. The van der Waals surface area contributed by atoms with Gasteiger partial charge in [-0.05, 0) is 49.9 Å². The second-order valence-corrected chi connectivity index (χ2v) is 15.0. The third-order valence-corrected chi connectivity index (χ3v) is 15.1. The highest BCUT2D eigenvalue weighted by atomic mass is 31.2. The monoisotopic (exact) mass is 489 g/mol. The predicted octanol–water partition coefficient (Wildman–Crippen LogP) is 8.32. The van der Waals surface area contributed by atoms with Crippen molar-refractivity contribution in [3.05, 3.63) is 116 Å². The number of benzene rings is 2. The van der Waals surface area contributed by atoms with E-state index in [0.717, 1.165) is 19.4 Å². The van der Waals surface area contributed by atoms with Crippen molar-refractivity contribution in [1.82, 2.24) is 4.44 Å². The number of hydrogen-bond donors (Lipinski definition) is 0. The van der Waals surface area contributed by atoms with Crippen LogP contribution < -0.4 is 10.6 Å². The summed E-state index contributed by atoms with van der Waals surface area (Å²) in [5.41, 5.74) is 3.75. The summed E-state index contributed by atoms with van der Waals surface area (Å²) in [6.07, 6.45) is 12.1. The molecule has 1 saturated heterocycles. The molecule has 4 aromatic rings. The molecular formula is C29H33NO2P2. The van der Waals surface area contributed by atoms with Crippen LogP contribution in [0.25, 0.3) is 0 Å². The van der Waals surface area contributed by atoms with Crippen LogP contribution in [0.5, 0.6) is 0 Å². The normalized spacial score (nSPS) is 19.8. The highest BCUT2D eigenvalue weighted by molar-refractivity contribution is 7.87. The smallest absolute Gasteiger partial charge is 0.0996 e. The molecule has 0 N–H and O–H groups in total. The Balaban J connectivity index is 1.69. The van der Waals surface area contributed by atoms with Gasteiger partial charge in [-0.25, -0.2) is 0 Å². The van der Waals surface area contributed by atoms with Gasteiger partial charge in [0.25, 0.3) is 0 Å². The molecule has 0 unspecified atom stereocenters. The van der Waals surface area contributed by atoms with E-state index in [1.54, 1.807) is 12.5 Å². The van der Waals surface area contributed by atoms with Gasteiger partial charge in [0.05, 0.1) is 44.4 Å². The lowest BCUT2D eigenvalue weighted by molar-refractivity contribution is 0.568. The Morgan fingerprint density at radius 1 is 0.824 bits per heavy atom. The zero-order valence-corrected chi connectivity index (χ0v) is 21.6. The lowest BCUT2D eigenvalue weighted by Crippen LogP contribution is -2.30. The quantitative estimate of drug-likeness (QED) is 0.175. The van der Waals surface area contributed by atoms with E-state index < -0.39 is 15.5 Å². The van der Waals surface area contributed by atoms with E-state index >= 15 is 0 Å². The molecule has 2 atom stereocenters. The molecule has 1 fully saturated rings. The number of furan rings is 2. The van der Waals surface area contributed by atoms with E-state index in [4.69, 9.17) is 15.5 Å². The summed E-state index contributed by atoms with van der Waals surface area (Å²) < 4.78 is 14.1. The molecule has 3 heterocycles. The Morgan fingerprint density at radius 3 is 1.74 bits per heavy atom. The zero-order chi connectivity index (χ0) is 23.4. The minimum Gasteiger partial charge on any atom is -0.472 e. The molecule has 0 spiro atoms. The van der Waals surface area contributed by atoms with Crippen LogP contribution in [0.4, 0.5) is 0 Å². The second-order valence-electron chi connectivity index (χ2n) is 9.04. The molecule has 1 aliphatic rings. The number of unbranched alkanes of at least 4 members (excludes halogenated alkanes) is 1. The van der Waals surface area contributed by atoms with Gasteiger partial charge in [-0.1, -0.05) is 74.0 Å². The first-order valence-electron chi connectivity index (χ1n) is 12.2. The van der Waals surface area contributed by atoms with Crippen LogP contribution >= 0.6 is 15.5 Å². The van der Waals surface area contributed by atoms with Crippen molar-refractivity contribution in [2.24, 2.45) is 0 Å². The van der Waals surface area contributed by atoms with Gasteiger partial charge in [0.1, 0.15) is 0 Å². The van der Waals surface area contributed by atoms with Crippen molar-refractivity contribution in [2.75, 3.05) is 6.54 Å². The molecule has 2 aromatic heterocycles. The number of rotatable bonds is 9. The van der Waals surface area contributed by atoms with Crippen LogP contribution in [0, 0.1) is 6.66 Å². The molecule has 176 valence electrons. The summed E-state index contributed by atoms with van der Waals surface area (Å²) in [7, 11) is -2.75. The average molecular weight is 490 g/mol. The standard InChI is InChI=1S/C29H33NO2P2/c1-3-4-19-30(33(26-17-20-31-22-26)27-18-21-32-23-27)34(2)28(24-11-7-5-8-12-24)15-16-29(34)25-13-9-6-10-14-25/h5-14,17-18,20-23,28-29H,2-4,15-16,19H2,1H3/t28-,29-/m1/s1. The molecule has 5 rings (SSSR count). The van der Waals surface area contributed by atoms with Crippen molar-refractivity contribution < 1.29 is 8.83 Å². The Morgan fingerprint density at radius 2 is 1.32 bits per heavy atom. The maximum absolute atomic E-state index is 5.62. The molecule has 2 aromatic carbocycles. The largest absolute Gasteiger partial charge is 0.472 e. The molecule has 3 nitrogen and oxygen atoms in total. The average Bonchev–Trinajstić information content (AvgIpc) is 3.65. The van der Waals surface area contributed by atoms with Crippen LogP contribution in [0.2, 0.25) is 0 Å². The molecule has 0 saturated carbocycles. The van der Waals surface area contributed by atoms with Crippen LogP contribution in [0.15, 0.2) is 107 Å². The van der Waals surface area contributed by atoms with Gasteiger partial charge in [0.15, 0.2) is 0 Å². The third kappa shape index (κ3) is 4.42. The van der Waals surface area contributed by atoms with E-state index in [1.807, 2.05) is 12.5 Å². The van der Waals surface area contributed by atoms with Gasteiger partial charge in [0, 0.05) is 17.2 Å².